The van der Waals surface area contributed by atoms with Crippen LogP contribution in [0.15, 0.2) is 18.2 Å². The highest BCUT2D eigenvalue weighted by Gasteiger charge is 2.14. The first-order valence-electron chi connectivity index (χ1n) is 5.81. The molecule has 1 aromatic carbocycles. The zero-order valence-electron chi connectivity index (χ0n) is 10.5. The Morgan fingerprint density at radius 2 is 2.18 bits per heavy atom. The van der Waals surface area contributed by atoms with Crippen molar-refractivity contribution in [3.05, 3.63) is 29.6 Å². The predicted molar refractivity (Wildman–Crippen MR) is 72.1 cm³/mol. The lowest BCUT2D eigenvalue weighted by Crippen LogP contribution is -2.33. The second kappa shape index (κ2) is 6.87. The van der Waals surface area contributed by atoms with E-state index in [0.29, 0.717) is 6.04 Å². The summed E-state index contributed by atoms with van der Waals surface area (Å²) in [5.74, 6) is 0.640. The van der Waals surface area contributed by atoms with E-state index < -0.39 is 5.82 Å². The molecule has 4 heteroatoms. The molecule has 1 rings (SSSR count). The fraction of sp³-hybridized carbons (Fsp3) is 0.538. The van der Waals surface area contributed by atoms with E-state index in [0.717, 1.165) is 23.8 Å². The van der Waals surface area contributed by atoms with Crippen LogP contribution in [0.25, 0.3) is 0 Å². The second-order valence-electron chi connectivity index (χ2n) is 4.15. The van der Waals surface area contributed by atoms with Gasteiger partial charge >= 0.3 is 0 Å². The van der Waals surface area contributed by atoms with Crippen molar-refractivity contribution in [2.75, 3.05) is 12.0 Å². The average Bonchev–Trinajstić information content (AvgIpc) is 2.28. The van der Waals surface area contributed by atoms with Crippen molar-refractivity contribution >= 4 is 11.8 Å². The Labute approximate surface area is 107 Å². The van der Waals surface area contributed by atoms with Crippen molar-refractivity contribution in [3.8, 4) is 5.75 Å². The zero-order valence-corrected chi connectivity index (χ0v) is 11.4. The van der Waals surface area contributed by atoms with Gasteiger partial charge in [0.1, 0.15) is 11.6 Å². The Balaban J connectivity index is 2.71. The van der Waals surface area contributed by atoms with Gasteiger partial charge in [0, 0.05) is 29.5 Å². The van der Waals surface area contributed by atoms with Gasteiger partial charge in [-0.25, -0.2) is 4.39 Å². The highest BCUT2D eigenvalue weighted by Crippen LogP contribution is 2.25. The Bertz CT molecular complexity index is 359. The first kappa shape index (κ1) is 14.3. The van der Waals surface area contributed by atoms with Crippen LogP contribution >= 0.6 is 11.8 Å². The Hall–Kier alpha value is -0.740. The van der Waals surface area contributed by atoms with E-state index in [2.05, 4.69) is 18.5 Å². The molecule has 0 radical (unpaired) electrons. The van der Waals surface area contributed by atoms with Crippen LogP contribution in [0.2, 0.25) is 0 Å². The smallest absolute Gasteiger partial charge is 0.126 e. The summed E-state index contributed by atoms with van der Waals surface area (Å²) in [6.45, 7) is 4.11. The molecule has 1 aromatic rings. The van der Waals surface area contributed by atoms with Crippen LogP contribution in [0.4, 0.5) is 4.39 Å². The van der Waals surface area contributed by atoms with Gasteiger partial charge in [-0.2, -0.15) is 11.8 Å². The van der Waals surface area contributed by atoms with Crippen LogP contribution in [0.3, 0.4) is 0 Å². The molecule has 0 saturated carbocycles. The van der Waals surface area contributed by atoms with Crippen molar-refractivity contribution in [2.45, 2.75) is 32.4 Å². The molecule has 0 bridgehead atoms. The molecule has 0 heterocycles. The van der Waals surface area contributed by atoms with Gasteiger partial charge in [0.05, 0.1) is 0 Å². The van der Waals surface area contributed by atoms with Gasteiger partial charge in [-0.05, 0) is 25.7 Å². The van der Waals surface area contributed by atoms with Gasteiger partial charge in [0.15, 0.2) is 0 Å². The number of nitrogens with one attached hydrogen (secondary N) is 1. The highest BCUT2D eigenvalue weighted by atomic mass is 32.2. The quantitative estimate of drug-likeness (QED) is 0.820. The minimum atomic E-state index is -0.408. The molecule has 0 amide bonds. The molecular formula is C13H20FNOS. The maximum atomic E-state index is 12.9. The monoisotopic (exact) mass is 257 g/mol. The van der Waals surface area contributed by atoms with Crippen LogP contribution < -0.4 is 5.32 Å². The van der Waals surface area contributed by atoms with Crippen molar-refractivity contribution in [2.24, 2.45) is 0 Å². The first-order valence-corrected chi connectivity index (χ1v) is 7.21. The van der Waals surface area contributed by atoms with Gasteiger partial charge in [-0.1, -0.05) is 13.0 Å². The lowest BCUT2D eigenvalue weighted by Gasteiger charge is -2.22. The van der Waals surface area contributed by atoms with E-state index in [4.69, 9.17) is 0 Å². The van der Waals surface area contributed by atoms with Gasteiger partial charge in [-0.15, -0.1) is 0 Å². The largest absolute Gasteiger partial charge is 0.508 e. The topological polar surface area (TPSA) is 32.3 Å². The van der Waals surface area contributed by atoms with Gasteiger partial charge in [-0.3, -0.25) is 0 Å². The minimum absolute atomic E-state index is 0.0176. The average molecular weight is 257 g/mol. The maximum Gasteiger partial charge on any atom is 0.126 e. The Kier molecular flexibility index (Phi) is 5.78. The molecule has 2 atom stereocenters. The first-order chi connectivity index (χ1) is 8.08. The molecule has 17 heavy (non-hydrogen) atoms. The molecule has 0 fully saturated rings. The number of aromatic hydroxyl groups is 1. The molecule has 0 aromatic heterocycles. The summed E-state index contributed by atoms with van der Waals surface area (Å²) >= 11 is 1.79. The number of hydrogen-bond donors (Lipinski definition) is 2. The standard InChI is InChI=1S/C13H20FNOS/c1-4-11(8-17-3)15-9(2)12-6-5-10(14)7-13(12)16/h5-7,9,11,15-16H,4,8H2,1-3H3. The van der Waals surface area contributed by atoms with Crippen molar-refractivity contribution in [3.63, 3.8) is 0 Å². The molecule has 0 aliphatic carbocycles. The summed E-state index contributed by atoms with van der Waals surface area (Å²) in [4.78, 5) is 0. The van der Waals surface area contributed by atoms with E-state index >= 15 is 0 Å². The third-order valence-corrected chi connectivity index (χ3v) is 3.54. The molecule has 2 nitrogen and oxygen atoms in total. The van der Waals surface area contributed by atoms with Crippen LogP contribution in [0.1, 0.15) is 31.9 Å². The van der Waals surface area contributed by atoms with Gasteiger partial charge < -0.3 is 10.4 Å². The number of phenols is 1. The van der Waals surface area contributed by atoms with E-state index in [1.54, 1.807) is 17.8 Å². The van der Waals surface area contributed by atoms with Crippen LogP contribution in [-0.4, -0.2) is 23.2 Å². The lowest BCUT2D eigenvalue weighted by molar-refractivity contribution is 0.429. The number of thioether (sulfide) groups is 1. The minimum Gasteiger partial charge on any atom is -0.508 e. The Morgan fingerprint density at radius 3 is 2.71 bits per heavy atom. The maximum absolute atomic E-state index is 12.9. The predicted octanol–water partition coefficient (Wildman–Crippen LogP) is 3.32. The second-order valence-corrected chi connectivity index (χ2v) is 5.06. The third-order valence-electron chi connectivity index (χ3n) is 2.81. The summed E-state index contributed by atoms with van der Waals surface area (Å²) in [7, 11) is 0. The molecule has 0 spiro atoms. The van der Waals surface area contributed by atoms with Crippen LogP contribution in [-0.2, 0) is 0 Å². The van der Waals surface area contributed by atoms with Gasteiger partial charge in [0.25, 0.3) is 0 Å². The number of rotatable bonds is 6. The zero-order chi connectivity index (χ0) is 12.8. The van der Waals surface area contributed by atoms with Crippen molar-refractivity contribution in [1.82, 2.24) is 5.32 Å². The number of phenolic OH excluding ortho intramolecular Hbond substituents is 1. The molecule has 0 aliphatic heterocycles. The van der Waals surface area contributed by atoms with Crippen LogP contribution in [0, 0.1) is 5.82 Å². The van der Waals surface area contributed by atoms with Crippen molar-refractivity contribution in [1.29, 1.82) is 0 Å². The van der Waals surface area contributed by atoms with E-state index in [9.17, 15) is 9.50 Å². The molecule has 0 saturated heterocycles. The summed E-state index contributed by atoms with van der Waals surface area (Å²) in [5, 5.41) is 13.1. The van der Waals surface area contributed by atoms with Crippen LogP contribution in [0.5, 0.6) is 5.75 Å². The van der Waals surface area contributed by atoms with E-state index in [-0.39, 0.29) is 11.8 Å². The number of benzene rings is 1. The lowest BCUT2D eigenvalue weighted by atomic mass is 10.1. The van der Waals surface area contributed by atoms with Crippen molar-refractivity contribution < 1.29 is 9.50 Å². The molecule has 0 aliphatic rings. The molecule has 2 unspecified atom stereocenters. The third kappa shape index (κ3) is 4.21. The summed E-state index contributed by atoms with van der Waals surface area (Å²) < 4.78 is 12.9. The number of hydrogen-bond acceptors (Lipinski definition) is 3. The van der Waals surface area contributed by atoms with E-state index in [1.165, 1.54) is 6.07 Å². The SMILES string of the molecule is CCC(CSC)NC(C)c1ccc(F)cc1O. The Morgan fingerprint density at radius 1 is 1.47 bits per heavy atom. The summed E-state index contributed by atoms with van der Waals surface area (Å²) in [5.41, 5.74) is 0.742. The fourth-order valence-electron chi connectivity index (χ4n) is 1.81. The summed E-state index contributed by atoms with van der Waals surface area (Å²) in [6, 6.07) is 4.59. The van der Waals surface area contributed by atoms with Gasteiger partial charge in [0.2, 0.25) is 0 Å². The highest BCUT2D eigenvalue weighted by molar-refractivity contribution is 7.98. The van der Waals surface area contributed by atoms with E-state index in [1.807, 2.05) is 6.92 Å². The molecule has 96 valence electrons. The number of halogens is 1. The molecule has 2 N–H and O–H groups in total. The normalized spacial score (nSPS) is 14.6. The fourth-order valence-corrected chi connectivity index (χ4v) is 2.55. The summed E-state index contributed by atoms with van der Waals surface area (Å²) in [6.07, 6.45) is 3.11. The molecular weight excluding hydrogens is 237 g/mol.